The fraction of sp³-hybridized carbons (Fsp3) is 0.316. The van der Waals surface area contributed by atoms with Crippen LogP contribution in [-0.2, 0) is 9.53 Å². The van der Waals surface area contributed by atoms with Gasteiger partial charge < -0.3 is 14.8 Å². The van der Waals surface area contributed by atoms with Crippen LogP contribution in [-0.4, -0.2) is 44.2 Å². The number of hydrogen-bond acceptors (Lipinski definition) is 4. The summed E-state index contributed by atoms with van der Waals surface area (Å²) in [5.41, 5.74) is 1.60. The second-order valence-electron chi connectivity index (χ2n) is 5.80. The van der Waals surface area contributed by atoms with Gasteiger partial charge in [0.15, 0.2) is 0 Å². The first-order valence-electron chi connectivity index (χ1n) is 8.20. The van der Waals surface area contributed by atoms with Crippen LogP contribution in [0.15, 0.2) is 48.5 Å². The molecule has 1 aliphatic heterocycles. The van der Waals surface area contributed by atoms with E-state index in [1.165, 1.54) is 0 Å². The molecular formula is C19H21ClN2O3. The zero-order chi connectivity index (χ0) is 17.6. The number of nitrogens with one attached hydrogen (secondary N) is 1. The van der Waals surface area contributed by atoms with Gasteiger partial charge in [0.2, 0.25) is 5.91 Å². The zero-order valence-electron chi connectivity index (χ0n) is 14.1. The molecule has 1 aliphatic rings. The van der Waals surface area contributed by atoms with Crippen molar-refractivity contribution in [1.29, 1.82) is 0 Å². The number of nitrogens with zero attached hydrogens (tertiary/aromatic N) is 1. The van der Waals surface area contributed by atoms with Crippen molar-refractivity contribution in [3.8, 4) is 5.75 Å². The summed E-state index contributed by atoms with van der Waals surface area (Å²) in [5, 5.41) is 3.43. The smallest absolute Gasteiger partial charge is 0.246 e. The number of morpholine rings is 1. The van der Waals surface area contributed by atoms with Crippen LogP contribution in [0.5, 0.6) is 5.75 Å². The molecular weight excluding hydrogens is 340 g/mol. The molecule has 0 aliphatic carbocycles. The Morgan fingerprint density at radius 3 is 2.56 bits per heavy atom. The number of benzene rings is 2. The average molecular weight is 361 g/mol. The van der Waals surface area contributed by atoms with E-state index in [1.54, 1.807) is 25.3 Å². The molecule has 1 fully saturated rings. The van der Waals surface area contributed by atoms with E-state index in [-0.39, 0.29) is 11.9 Å². The Kier molecular flexibility index (Phi) is 5.91. The van der Waals surface area contributed by atoms with Gasteiger partial charge in [-0.3, -0.25) is 9.69 Å². The molecule has 2 aromatic rings. The number of anilines is 1. The number of carbonyl (C=O) groups is 1. The van der Waals surface area contributed by atoms with E-state index in [4.69, 9.17) is 21.1 Å². The van der Waals surface area contributed by atoms with Crippen LogP contribution in [0.3, 0.4) is 0 Å². The minimum atomic E-state index is -0.369. The molecule has 1 heterocycles. The van der Waals surface area contributed by atoms with Crippen molar-refractivity contribution in [2.75, 3.05) is 38.7 Å². The summed E-state index contributed by atoms with van der Waals surface area (Å²) >= 11 is 6.15. The van der Waals surface area contributed by atoms with Gasteiger partial charge in [-0.15, -0.1) is 0 Å². The molecule has 3 rings (SSSR count). The fourth-order valence-corrected chi connectivity index (χ4v) is 3.21. The van der Waals surface area contributed by atoms with Crippen molar-refractivity contribution in [3.63, 3.8) is 0 Å². The Balaban J connectivity index is 1.82. The number of rotatable bonds is 5. The summed E-state index contributed by atoms with van der Waals surface area (Å²) in [5.74, 6) is 0.488. The number of halogens is 1. The van der Waals surface area contributed by atoms with E-state index < -0.39 is 0 Å². The zero-order valence-corrected chi connectivity index (χ0v) is 14.8. The lowest BCUT2D eigenvalue weighted by Gasteiger charge is -2.33. The first kappa shape index (κ1) is 17.7. The molecule has 1 amide bonds. The second-order valence-corrected chi connectivity index (χ2v) is 6.21. The molecule has 0 radical (unpaired) electrons. The van der Waals surface area contributed by atoms with E-state index in [2.05, 4.69) is 10.2 Å². The first-order valence-corrected chi connectivity index (χ1v) is 8.58. The summed E-state index contributed by atoms with van der Waals surface area (Å²) in [6.45, 7) is 2.70. The van der Waals surface area contributed by atoms with E-state index >= 15 is 0 Å². The maximum Gasteiger partial charge on any atom is 0.246 e. The summed E-state index contributed by atoms with van der Waals surface area (Å²) in [7, 11) is 1.56. The molecule has 6 heteroatoms. The molecule has 2 aromatic carbocycles. The molecule has 0 aromatic heterocycles. The standard InChI is InChI=1S/C19H21ClN2O3/c1-24-17-8-7-15(13-16(17)20)21-19(23)18(14-5-3-2-4-6-14)22-9-11-25-12-10-22/h2-8,13,18H,9-12H2,1H3,(H,21,23)/t18-/m1/s1. The minimum absolute atomic E-state index is 0.0886. The van der Waals surface area contributed by atoms with Crippen LogP contribution >= 0.6 is 11.6 Å². The van der Waals surface area contributed by atoms with Gasteiger partial charge in [0.1, 0.15) is 11.8 Å². The molecule has 0 bridgehead atoms. The highest BCUT2D eigenvalue weighted by Crippen LogP contribution is 2.29. The molecule has 1 saturated heterocycles. The molecule has 0 saturated carbocycles. The number of carbonyl (C=O) groups excluding carboxylic acids is 1. The maximum absolute atomic E-state index is 13.0. The first-order chi connectivity index (χ1) is 12.2. The Labute approximate surface area is 152 Å². The lowest BCUT2D eigenvalue weighted by atomic mass is 10.0. The summed E-state index contributed by atoms with van der Waals surface area (Å²) < 4.78 is 10.6. The Morgan fingerprint density at radius 1 is 1.20 bits per heavy atom. The number of amides is 1. The number of ether oxygens (including phenoxy) is 2. The van der Waals surface area contributed by atoms with Gasteiger partial charge in [0.25, 0.3) is 0 Å². The highest BCUT2D eigenvalue weighted by atomic mass is 35.5. The van der Waals surface area contributed by atoms with Crippen molar-refractivity contribution in [2.24, 2.45) is 0 Å². The van der Waals surface area contributed by atoms with E-state index in [0.29, 0.717) is 29.7 Å². The van der Waals surface area contributed by atoms with Gasteiger partial charge in [-0.05, 0) is 23.8 Å². The average Bonchev–Trinajstić information content (AvgIpc) is 2.64. The van der Waals surface area contributed by atoms with Crippen molar-refractivity contribution in [2.45, 2.75) is 6.04 Å². The third-order valence-electron chi connectivity index (χ3n) is 4.19. The van der Waals surface area contributed by atoms with Crippen LogP contribution < -0.4 is 10.1 Å². The van der Waals surface area contributed by atoms with Gasteiger partial charge >= 0.3 is 0 Å². The highest BCUT2D eigenvalue weighted by molar-refractivity contribution is 6.32. The summed E-state index contributed by atoms with van der Waals surface area (Å²) in [4.78, 5) is 15.1. The van der Waals surface area contributed by atoms with Gasteiger partial charge in [0, 0.05) is 18.8 Å². The second kappa shape index (κ2) is 8.34. The van der Waals surface area contributed by atoms with Crippen molar-refractivity contribution < 1.29 is 14.3 Å². The Morgan fingerprint density at radius 2 is 1.92 bits per heavy atom. The van der Waals surface area contributed by atoms with Crippen LogP contribution in [0.1, 0.15) is 11.6 Å². The fourth-order valence-electron chi connectivity index (χ4n) is 2.95. The molecule has 5 nitrogen and oxygen atoms in total. The molecule has 1 atom stereocenters. The molecule has 25 heavy (non-hydrogen) atoms. The van der Waals surface area contributed by atoms with Crippen molar-refractivity contribution in [1.82, 2.24) is 4.90 Å². The van der Waals surface area contributed by atoms with Gasteiger partial charge in [-0.2, -0.15) is 0 Å². The monoisotopic (exact) mass is 360 g/mol. The predicted molar refractivity (Wildman–Crippen MR) is 98.2 cm³/mol. The summed E-state index contributed by atoms with van der Waals surface area (Å²) in [6.07, 6.45) is 0. The highest BCUT2D eigenvalue weighted by Gasteiger charge is 2.29. The molecule has 0 unspecified atom stereocenters. The van der Waals surface area contributed by atoms with Crippen LogP contribution in [0.4, 0.5) is 5.69 Å². The largest absolute Gasteiger partial charge is 0.495 e. The molecule has 132 valence electrons. The van der Waals surface area contributed by atoms with Gasteiger partial charge in [0.05, 0.1) is 25.3 Å². The van der Waals surface area contributed by atoms with Crippen LogP contribution in [0.25, 0.3) is 0 Å². The normalized spacial score (nSPS) is 16.2. The Bertz CT molecular complexity index is 718. The van der Waals surface area contributed by atoms with Crippen LogP contribution in [0, 0.1) is 0 Å². The minimum Gasteiger partial charge on any atom is -0.495 e. The molecule has 0 spiro atoms. The summed E-state index contributed by atoms with van der Waals surface area (Å²) in [6, 6.07) is 14.6. The lowest BCUT2D eigenvalue weighted by Crippen LogP contribution is -2.43. The lowest BCUT2D eigenvalue weighted by molar-refractivity contribution is -0.123. The van der Waals surface area contributed by atoms with Gasteiger partial charge in [-0.1, -0.05) is 41.9 Å². The van der Waals surface area contributed by atoms with E-state index in [1.807, 2.05) is 30.3 Å². The van der Waals surface area contributed by atoms with E-state index in [0.717, 1.165) is 18.7 Å². The maximum atomic E-state index is 13.0. The number of methoxy groups -OCH3 is 1. The van der Waals surface area contributed by atoms with Crippen molar-refractivity contribution in [3.05, 3.63) is 59.1 Å². The third kappa shape index (κ3) is 4.31. The molecule has 1 N–H and O–H groups in total. The quantitative estimate of drug-likeness (QED) is 0.888. The topological polar surface area (TPSA) is 50.8 Å². The SMILES string of the molecule is COc1ccc(NC(=O)[C@@H](c2ccccc2)N2CCOCC2)cc1Cl. The predicted octanol–water partition coefficient (Wildman–Crippen LogP) is 3.36. The number of hydrogen-bond donors (Lipinski definition) is 1. The van der Waals surface area contributed by atoms with Gasteiger partial charge in [-0.25, -0.2) is 0 Å². The van der Waals surface area contributed by atoms with Crippen LogP contribution in [0.2, 0.25) is 5.02 Å². The van der Waals surface area contributed by atoms with Crippen molar-refractivity contribution >= 4 is 23.2 Å². The van der Waals surface area contributed by atoms with E-state index in [9.17, 15) is 4.79 Å². The third-order valence-corrected chi connectivity index (χ3v) is 4.49. The Hall–Kier alpha value is -2.08.